The number of aliphatic hydroxyl groups excluding tert-OH is 1. The minimum absolute atomic E-state index is 0.0704. The molecule has 3 nitrogen and oxygen atoms in total. The quantitative estimate of drug-likeness (QED) is 0.898. The van der Waals surface area contributed by atoms with Gasteiger partial charge in [0, 0.05) is 17.0 Å². The van der Waals surface area contributed by atoms with Crippen LogP contribution in [0.1, 0.15) is 19.8 Å². The molecule has 1 rings (SSSR count). The minimum Gasteiger partial charge on any atom is -0.393 e. The molecular weight excluding hydrogens is 296 g/mol. The number of carbonyl (C=O) groups excluding carboxylic acids is 1. The zero-order valence-corrected chi connectivity index (χ0v) is 10.7. The van der Waals surface area contributed by atoms with Crippen LogP contribution in [0.2, 0.25) is 0 Å². The van der Waals surface area contributed by atoms with Gasteiger partial charge in [0.25, 0.3) is 0 Å². The maximum Gasteiger partial charge on any atom is 0.224 e. The van der Waals surface area contributed by atoms with E-state index in [1.165, 1.54) is 0 Å². The van der Waals surface area contributed by atoms with Gasteiger partial charge in [0.15, 0.2) is 5.82 Å². The van der Waals surface area contributed by atoms with Gasteiger partial charge in [0.05, 0.1) is 11.8 Å². The molecule has 94 valence electrons. The van der Waals surface area contributed by atoms with Crippen LogP contribution >= 0.6 is 15.9 Å². The molecule has 17 heavy (non-hydrogen) atoms. The number of halogens is 3. The fraction of sp³-hybridized carbons (Fsp3) is 0.364. The van der Waals surface area contributed by atoms with Gasteiger partial charge < -0.3 is 10.4 Å². The Morgan fingerprint density at radius 1 is 1.53 bits per heavy atom. The van der Waals surface area contributed by atoms with Crippen molar-refractivity contribution in [2.75, 3.05) is 5.32 Å². The van der Waals surface area contributed by atoms with E-state index in [-0.39, 0.29) is 23.0 Å². The molecule has 2 N–H and O–H groups in total. The molecule has 0 bridgehead atoms. The van der Waals surface area contributed by atoms with Crippen LogP contribution < -0.4 is 5.32 Å². The molecule has 0 aliphatic heterocycles. The molecule has 0 saturated heterocycles. The van der Waals surface area contributed by atoms with Crippen LogP contribution in [0, 0.1) is 11.6 Å². The van der Waals surface area contributed by atoms with Crippen molar-refractivity contribution in [3.8, 4) is 0 Å². The van der Waals surface area contributed by atoms with E-state index in [1.54, 1.807) is 6.92 Å². The van der Waals surface area contributed by atoms with E-state index < -0.39 is 23.6 Å². The molecule has 1 aromatic rings. The summed E-state index contributed by atoms with van der Waals surface area (Å²) >= 11 is 2.96. The normalized spacial score (nSPS) is 12.3. The fourth-order valence-corrected chi connectivity index (χ4v) is 1.71. The predicted octanol–water partition coefficient (Wildman–Crippen LogP) is 2.83. The maximum atomic E-state index is 13.3. The van der Waals surface area contributed by atoms with Gasteiger partial charge >= 0.3 is 0 Å². The third-order valence-electron chi connectivity index (χ3n) is 2.06. The van der Waals surface area contributed by atoms with Crippen LogP contribution in [0.25, 0.3) is 0 Å². The lowest BCUT2D eigenvalue weighted by Gasteiger charge is -2.09. The van der Waals surface area contributed by atoms with Crippen molar-refractivity contribution in [2.24, 2.45) is 0 Å². The standard InChI is InChI=1S/C11H12BrF2NO2/c1-6(16)2-3-10(17)15-11-8(12)4-7(13)5-9(11)14/h4-6,16H,2-3H2,1H3,(H,15,17). The van der Waals surface area contributed by atoms with E-state index in [0.29, 0.717) is 6.07 Å². The number of rotatable bonds is 4. The molecule has 0 aromatic heterocycles. The highest BCUT2D eigenvalue weighted by Crippen LogP contribution is 2.27. The van der Waals surface area contributed by atoms with Crippen molar-refractivity contribution in [1.29, 1.82) is 0 Å². The monoisotopic (exact) mass is 307 g/mol. The van der Waals surface area contributed by atoms with Crippen molar-refractivity contribution in [3.63, 3.8) is 0 Å². The third-order valence-corrected chi connectivity index (χ3v) is 2.69. The molecule has 1 unspecified atom stereocenters. The van der Waals surface area contributed by atoms with E-state index >= 15 is 0 Å². The first kappa shape index (κ1) is 14.1. The average molecular weight is 308 g/mol. The van der Waals surface area contributed by atoms with Crippen LogP contribution in [-0.4, -0.2) is 17.1 Å². The second-order valence-corrected chi connectivity index (χ2v) is 4.53. The highest BCUT2D eigenvalue weighted by molar-refractivity contribution is 9.10. The SMILES string of the molecule is CC(O)CCC(=O)Nc1c(F)cc(F)cc1Br. The van der Waals surface area contributed by atoms with Crippen molar-refractivity contribution >= 4 is 27.5 Å². The summed E-state index contributed by atoms with van der Waals surface area (Å²) in [6.07, 6.45) is -0.241. The van der Waals surface area contributed by atoms with Gasteiger partial charge in [-0.05, 0) is 35.3 Å². The Kier molecular flexibility index (Phi) is 5.02. The zero-order chi connectivity index (χ0) is 13.0. The molecule has 0 spiro atoms. The number of carbonyl (C=O) groups is 1. The predicted molar refractivity (Wildman–Crippen MR) is 63.6 cm³/mol. The molecule has 1 aromatic carbocycles. The number of aliphatic hydroxyl groups is 1. The first-order valence-corrected chi connectivity index (χ1v) is 5.82. The fourth-order valence-electron chi connectivity index (χ4n) is 1.20. The number of nitrogens with one attached hydrogen (secondary N) is 1. The maximum absolute atomic E-state index is 13.3. The summed E-state index contributed by atoms with van der Waals surface area (Å²) in [6, 6.07) is 1.75. The van der Waals surface area contributed by atoms with Gasteiger partial charge in [0.1, 0.15) is 5.82 Å². The number of benzene rings is 1. The number of hydrogen-bond donors (Lipinski definition) is 2. The van der Waals surface area contributed by atoms with Crippen LogP contribution in [0.15, 0.2) is 16.6 Å². The number of hydrogen-bond acceptors (Lipinski definition) is 2. The molecule has 0 fully saturated rings. The van der Waals surface area contributed by atoms with E-state index in [2.05, 4.69) is 21.2 Å². The van der Waals surface area contributed by atoms with Crippen molar-refractivity contribution in [3.05, 3.63) is 28.2 Å². The molecule has 0 aliphatic rings. The van der Waals surface area contributed by atoms with Crippen molar-refractivity contribution < 1.29 is 18.7 Å². The van der Waals surface area contributed by atoms with Gasteiger partial charge in [-0.25, -0.2) is 8.78 Å². The lowest BCUT2D eigenvalue weighted by atomic mass is 10.2. The Morgan fingerprint density at radius 2 is 2.18 bits per heavy atom. The van der Waals surface area contributed by atoms with E-state index in [9.17, 15) is 13.6 Å². The molecular formula is C11H12BrF2NO2. The zero-order valence-electron chi connectivity index (χ0n) is 9.14. The third kappa shape index (κ3) is 4.40. The summed E-state index contributed by atoms with van der Waals surface area (Å²) in [5.41, 5.74) is -0.0954. The van der Waals surface area contributed by atoms with Gasteiger partial charge in [-0.15, -0.1) is 0 Å². The highest BCUT2D eigenvalue weighted by Gasteiger charge is 2.13. The Balaban J connectivity index is 2.72. The van der Waals surface area contributed by atoms with Gasteiger partial charge in [-0.1, -0.05) is 0 Å². The second kappa shape index (κ2) is 6.07. The highest BCUT2D eigenvalue weighted by atomic mass is 79.9. The summed E-state index contributed by atoms with van der Waals surface area (Å²) in [6.45, 7) is 1.56. The molecule has 1 amide bonds. The second-order valence-electron chi connectivity index (χ2n) is 3.68. The van der Waals surface area contributed by atoms with Crippen molar-refractivity contribution in [2.45, 2.75) is 25.9 Å². The Bertz CT molecular complexity index is 401. The van der Waals surface area contributed by atoms with E-state index in [4.69, 9.17) is 5.11 Å². The average Bonchev–Trinajstić information content (AvgIpc) is 2.20. The molecule has 0 radical (unpaired) electrons. The lowest BCUT2D eigenvalue weighted by molar-refractivity contribution is -0.116. The molecule has 0 aliphatic carbocycles. The Labute approximate surface area is 106 Å². The smallest absolute Gasteiger partial charge is 0.224 e. The summed E-state index contributed by atoms with van der Waals surface area (Å²) in [4.78, 5) is 11.4. The van der Waals surface area contributed by atoms with Gasteiger partial charge in [0.2, 0.25) is 5.91 Å². The van der Waals surface area contributed by atoms with Crippen LogP contribution in [0.5, 0.6) is 0 Å². The van der Waals surface area contributed by atoms with Crippen LogP contribution in [0.3, 0.4) is 0 Å². The van der Waals surface area contributed by atoms with Gasteiger partial charge in [-0.2, -0.15) is 0 Å². The first-order valence-electron chi connectivity index (χ1n) is 5.02. The number of amides is 1. The van der Waals surface area contributed by atoms with Crippen LogP contribution in [0.4, 0.5) is 14.5 Å². The van der Waals surface area contributed by atoms with Crippen molar-refractivity contribution in [1.82, 2.24) is 0 Å². The van der Waals surface area contributed by atoms with Crippen LogP contribution in [-0.2, 0) is 4.79 Å². The minimum atomic E-state index is -0.845. The largest absolute Gasteiger partial charge is 0.393 e. The summed E-state index contributed by atoms with van der Waals surface area (Å²) in [5.74, 6) is -2.00. The Morgan fingerprint density at radius 3 is 2.71 bits per heavy atom. The first-order chi connectivity index (χ1) is 7.90. The molecule has 0 heterocycles. The molecule has 1 atom stereocenters. The molecule has 0 saturated carbocycles. The summed E-state index contributed by atoms with van der Waals surface area (Å²) in [5, 5.41) is 11.3. The van der Waals surface area contributed by atoms with Gasteiger partial charge in [-0.3, -0.25) is 4.79 Å². The summed E-state index contributed by atoms with van der Waals surface area (Å²) in [7, 11) is 0. The lowest BCUT2D eigenvalue weighted by Crippen LogP contribution is -2.15. The Hall–Kier alpha value is -1.01. The van der Waals surface area contributed by atoms with E-state index in [0.717, 1.165) is 6.07 Å². The molecule has 6 heteroatoms. The topological polar surface area (TPSA) is 49.3 Å². The van der Waals surface area contributed by atoms with E-state index in [1.807, 2.05) is 0 Å². The summed E-state index contributed by atoms with van der Waals surface area (Å²) < 4.78 is 26.3. The number of anilines is 1.